The maximum absolute atomic E-state index is 13.9. The fourth-order valence-electron chi connectivity index (χ4n) is 3.92. The summed E-state index contributed by atoms with van der Waals surface area (Å²) >= 11 is 2.17. The van der Waals surface area contributed by atoms with Gasteiger partial charge < -0.3 is 9.15 Å². The average Bonchev–Trinajstić information content (AvgIpc) is 3.12. The van der Waals surface area contributed by atoms with Crippen molar-refractivity contribution in [3.05, 3.63) is 92.4 Å². The zero-order valence-corrected chi connectivity index (χ0v) is 20.7. The van der Waals surface area contributed by atoms with E-state index in [0.29, 0.717) is 33.3 Å². The molecule has 0 bridgehead atoms. The summed E-state index contributed by atoms with van der Waals surface area (Å²) in [7, 11) is -2.36. The van der Waals surface area contributed by atoms with Gasteiger partial charge >= 0.3 is 5.63 Å². The van der Waals surface area contributed by atoms with Crippen LogP contribution in [0.4, 0.5) is 0 Å². The molecule has 3 aromatic carbocycles. The number of aryl methyl sites for hydroxylation is 1. The Morgan fingerprint density at radius 1 is 0.909 bits per heavy atom. The van der Waals surface area contributed by atoms with Crippen LogP contribution >= 0.6 is 22.6 Å². The molecular formula is C25H18INO5S. The Labute approximate surface area is 203 Å². The van der Waals surface area contributed by atoms with Gasteiger partial charge in [0.05, 0.1) is 23.2 Å². The molecule has 2 heterocycles. The summed E-state index contributed by atoms with van der Waals surface area (Å²) in [4.78, 5) is 11.9. The Bertz CT molecular complexity index is 1680. The number of methoxy groups -OCH3 is 1. The Kier molecular flexibility index (Phi) is 5.29. The lowest BCUT2D eigenvalue weighted by Gasteiger charge is -2.13. The zero-order chi connectivity index (χ0) is 23.3. The van der Waals surface area contributed by atoms with Gasteiger partial charge in [0.15, 0.2) is 0 Å². The third-order valence-electron chi connectivity index (χ3n) is 5.55. The highest BCUT2D eigenvalue weighted by molar-refractivity contribution is 14.1. The van der Waals surface area contributed by atoms with Crippen LogP contribution in [0.3, 0.4) is 0 Å². The predicted octanol–water partition coefficient (Wildman–Crippen LogP) is 5.57. The number of hydrogen-bond acceptors (Lipinski definition) is 5. The third-order valence-corrected chi connectivity index (χ3v) is 8.33. The number of halogens is 1. The van der Waals surface area contributed by atoms with Crippen molar-refractivity contribution in [1.29, 1.82) is 0 Å². The number of aromatic nitrogens is 1. The molecule has 0 atom stereocenters. The lowest BCUT2D eigenvalue weighted by atomic mass is 10.1. The quantitative estimate of drug-likeness (QED) is 0.208. The average molecular weight is 571 g/mol. The van der Waals surface area contributed by atoms with Crippen molar-refractivity contribution in [3.8, 4) is 17.0 Å². The molecule has 0 saturated heterocycles. The van der Waals surface area contributed by atoms with Crippen molar-refractivity contribution in [3.63, 3.8) is 0 Å². The number of nitrogens with zero attached hydrogens (tertiary/aromatic N) is 1. The van der Waals surface area contributed by atoms with Gasteiger partial charge in [-0.2, -0.15) is 0 Å². The summed E-state index contributed by atoms with van der Waals surface area (Å²) < 4.78 is 40.6. The largest absolute Gasteiger partial charge is 0.497 e. The van der Waals surface area contributed by atoms with Gasteiger partial charge in [-0.15, -0.1) is 0 Å². The summed E-state index contributed by atoms with van der Waals surface area (Å²) in [5, 5.41) is 1.38. The topological polar surface area (TPSA) is 78.5 Å². The van der Waals surface area contributed by atoms with Crippen LogP contribution in [0.15, 0.2) is 86.9 Å². The van der Waals surface area contributed by atoms with E-state index in [1.165, 1.54) is 10.0 Å². The van der Waals surface area contributed by atoms with E-state index in [0.717, 1.165) is 14.7 Å². The molecule has 2 aromatic heterocycles. The van der Waals surface area contributed by atoms with E-state index >= 15 is 0 Å². The Hall–Kier alpha value is -3.11. The van der Waals surface area contributed by atoms with Gasteiger partial charge in [-0.05, 0) is 84.1 Å². The first kappa shape index (κ1) is 21.7. The van der Waals surface area contributed by atoms with Crippen LogP contribution in [0, 0.1) is 10.5 Å². The van der Waals surface area contributed by atoms with E-state index in [1.54, 1.807) is 61.7 Å². The van der Waals surface area contributed by atoms with Gasteiger partial charge in [-0.3, -0.25) is 0 Å². The number of benzene rings is 3. The lowest BCUT2D eigenvalue weighted by Crippen LogP contribution is -2.14. The first-order valence-electron chi connectivity index (χ1n) is 10.0. The molecule has 0 saturated carbocycles. The molecule has 166 valence electrons. The summed E-state index contributed by atoms with van der Waals surface area (Å²) in [6.45, 7) is 1.91. The molecular weight excluding hydrogens is 553 g/mol. The highest BCUT2D eigenvalue weighted by Gasteiger charge is 2.28. The molecule has 0 fully saturated rings. The van der Waals surface area contributed by atoms with Gasteiger partial charge in [0, 0.05) is 26.0 Å². The number of ether oxygens (including phenoxy) is 1. The van der Waals surface area contributed by atoms with Crippen molar-refractivity contribution in [2.24, 2.45) is 0 Å². The standard InChI is InChI=1S/C25H18INO5S/c1-15-3-9-18(10-4-15)33(29,30)27-20-12-13-21-19(11-14-22(28)32-21)23(20)24(26)25(27)16-5-7-17(31-2)8-6-16/h3-14H,1-2H3. The fourth-order valence-corrected chi connectivity index (χ4v) is 6.75. The normalized spacial score (nSPS) is 11.8. The third kappa shape index (κ3) is 3.53. The van der Waals surface area contributed by atoms with Crippen molar-refractivity contribution in [2.45, 2.75) is 11.8 Å². The van der Waals surface area contributed by atoms with E-state index in [9.17, 15) is 13.2 Å². The number of rotatable bonds is 4. The van der Waals surface area contributed by atoms with Gasteiger partial charge in [0.25, 0.3) is 10.0 Å². The molecule has 6 nitrogen and oxygen atoms in total. The molecule has 0 radical (unpaired) electrons. The van der Waals surface area contributed by atoms with Crippen LogP contribution in [0.2, 0.25) is 0 Å². The highest BCUT2D eigenvalue weighted by atomic mass is 127. The minimum atomic E-state index is -3.94. The first-order valence-corrected chi connectivity index (χ1v) is 12.6. The van der Waals surface area contributed by atoms with Crippen LogP contribution in [0.5, 0.6) is 5.75 Å². The second kappa shape index (κ2) is 8.03. The SMILES string of the molecule is COc1ccc(-c2c(I)c3c4ccc(=O)oc4ccc3n2S(=O)(=O)c2ccc(C)cc2)cc1. The molecule has 0 aliphatic heterocycles. The van der Waals surface area contributed by atoms with Crippen LogP contribution < -0.4 is 10.4 Å². The van der Waals surface area contributed by atoms with Gasteiger partial charge in [0.1, 0.15) is 11.3 Å². The maximum Gasteiger partial charge on any atom is 0.336 e. The smallest absolute Gasteiger partial charge is 0.336 e. The molecule has 8 heteroatoms. The summed E-state index contributed by atoms with van der Waals surface area (Å²) in [6, 6.07) is 20.4. The molecule has 5 rings (SSSR count). The van der Waals surface area contributed by atoms with E-state index in [4.69, 9.17) is 9.15 Å². The first-order chi connectivity index (χ1) is 15.8. The summed E-state index contributed by atoms with van der Waals surface area (Å²) in [5.41, 5.74) is 2.67. The molecule has 0 unspecified atom stereocenters. The van der Waals surface area contributed by atoms with Crippen LogP contribution in [0.25, 0.3) is 33.1 Å². The Balaban J connectivity index is 1.92. The molecule has 0 amide bonds. The van der Waals surface area contributed by atoms with Gasteiger partial charge in [-0.1, -0.05) is 17.7 Å². The minimum Gasteiger partial charge on any atom is -0.497 e. The molecule has 5 aromatic rings. The van der Waals surface area contributed by atoms with E-state index in [2.05, 4.69) is 22.6 Å². The van der Waals surface area contributed by atoms with Crippen molar-refractivity contribution < 1.29 is 17.6 Å². The van der Waals surface area contributed by atoms with Crippen molar-refractivity contribution in [1.82, 2.24) is 3.97 Å². The molecule has 0 spiro atoms. The van der Waals surface area contributed by atoms with Crippen molar-refractivity contribution >= 4 is 54.5 Å². The Morgan fingerprint density at radius 2 is 1.61 bits per heavy atom. The van der Waals surface area contributed by atoms with E-state index in [1.807, 2.05) is 19.1 Å². The second-order valence-electron chi connectivity index (χ2n) is 7.60. The van der Waals surface area contributed by atoms with E-state index in [-0.39, 0.29) is 4.90 Å². The highest BCUT2D eigenvalue weighted by Crippen LogP contribution is 2.41. The molecule has 33 heavy (non-hydrogen) atoms. The second-order valence-corrected chi connectivity index (χ2v) is 10.5. The van der Waals surface area contributed by atoms with Crippen LogP contribution in [-0.2, 0) is 10.0 Å². The fraction of sp³-hybridized carbons (Fsp3) is 0.0800. The summed E-state index contributed by atoms with van der Waals surface area (Å²) in [5.74, 6) is 0.671. The minimum absolute atomic E-state index is 0.191. The van der Waals surface area contributed by atoms with Crippen LogP contribution in [0.1, 0.15) is 5.56 Å². The lowest BCUT2D eigenvalue weighted by molar-refractivity contribution is 0.415. The molecule has 0 aliphatic rings. The van der Waals surface area contributed by atoms with E-state index < -0.39 is 15.6 Å². The number of fused-ring (bicyclic) bond motifs is 3. The zero-order valence-electron chi connectivity index (χ0n) is 17.7. The van der Waals surface area contributed by atoms with Gasteiger partial charge in [-0.25, -0.2) is 17.2 Å². The summed E-state index contributed by atoms with van der Waals surface area (Å²) in [6.07, 6.45) is 0. The maximum atomic E-state index is 13.9. The predicted molar refractivity (Wildman–Crippen MR) is 136 cm³/mol. The molecule has 0 aliphatic carbocycles. The van der Waals surface area contributed by atoms with Gasteiger partial charge in [0.2, 0.25) is 0 Å². The number of hydrogen-bond donors (Lipinski definition) is 0. The Morgan fingerprint density at radius 3 is 2.27 bits per heavy atom. The molecule has 0 N–H and O–H groups in total. The monoisotopic (exact) mass is 571 g/mol. The van der Waals surface area contributed by atoms with Crippen LogP contribution in [-0.4, -0.2) is 19.5 Å². The van der Waals surface area contributed by atoms with Crippen molar-refractivity contribution in [2.75, 3.05) is 7.11 Å².